The molecule has 0 aliphatic carbocycles. The molecule has 0 unspecified atom stereocenters. The van der Waals surface area contributed by atoms with Gasteiger partial charge in [-0.05, 0) is 0 Å². The van der Waals surface area contributed by atoms with Crippen LogP contribution < -0.4 is 15.9 Å². The number of aromatic nitrogens is 1. The third kappa shape index (κ3) is 2.88. The van der Waals surface area contributed by atoms with E-state index in [1.165, 1.54) is 0 Å². The fraction of sp³-hybridized carbons (Fsp3) is 0.286. The van der Waals surface area contributed by atoms with Gasteiger partial charge in [0.2, 0.25) is 11.3 Å². The molecule has 0 aromatic carbocycles. The SMILES string of the molecule is NCc1[nH]c(OC(F)(F)F)cc(=O)c1O. The molecule has 15 heavy (non-hydrogen) atoms. The van der Waals surface area contributed by atoms with Crippen LogP contribution in [0, 0.1) is 0 Å². The summed E-state index contributed by atoms with van der Waals surface area (Å²) in [7, 11) is 0. The lowest BCUT2D eigenvalue weighted by atomic mass is 10.3. The first-order chi connectivity index (χ1) is 6.83. The molecule has 1 rings (SSSR count). The van der Waals surface area contributed by atoms with Gasteiger partial charge in [-0.25, -0.2) is 0 Å². The molecule has 84 valence electrons. The molecule has 5 nitrogen and oxygen atoms in total. The van der Waals surface area contributed by atoms with Crippen molar-refractivity contribution in [3.8, 4) is 11.6 Å². The van der Waals surface area contributed by atoms with E-state index >= 15 is 0 Å². The van der Waals surface area contributed by atoms with Crippen molar-refractivity contribution < 1.29 is 23.0 Å². The zero-order valence-electron chi connectivity index (χ0n) is 7.26. The molecule has 0 fully saturated rings. The smallest absolute Gasteiger partial charge is 0.503 e. The molecule has 0 saturated heterocycles. The maximum absolute atomic E-state index is 11.8. The normalized spacial score (nSPS) is 11.5. The van der Waals surface area contributed by atoms with Gasteiger partial charge in [0, 0.05) is 6.54 Å². The topological polar surface area (TPSA) is 88.3 Å². The standard InChI is InChI=1S/C7H7F3N2O3/c8-7(9,10)15-5-1-4(13)6(14)3(2-11)12-5/h1,14H,2,11H2,(H,12,13). The lowest BCUT2D eigenvalue weighted by Crippen LogP contribution is -2.20. The fourth-order valence-electron chi connectivity index (χ4n) is 0.908. The number of halogens is 3. The van der Waals surface area contributed by atoms with Gasteiger partial charge in [0.25, 0.3) is 0 Å². The Kier molecular flexibility index (Phi) is 2.89. The molecular weight excluding hydrogens is 217 g/mol. The van der Waals surface area contributed by atoms with Crippen LogP contribution in [0.2, 0.25) is 0 Å². The number of aromatic amines is 1. The Morgan fingerprint density at radius 2 is 2.13 bits per heavy atom. The first kappa shape index (κ1) is 11.4. The highest BCUT2D eigenvalue weighted by molar-refractivity contribution is 5.30. The van der Waals surface area contributed by atoms with Crippen LogP contribution in [0.4, 0.5) is 13.2 Å². The van der Waals surface area contributed by atoms with Gasteiger partial charge < -0.3 is 20.6 Å². The van der Waals surface area contributed by atoms with E-state index in [0.717, 1.165) is 0 Å². The Morgan fingerprint density at radius 1 is 1.53 bits per heavy atom. The van der Waals surface area contributed by atoms with Gasteiger partial charge in [0.05, 0.1) is 11.8 Å². The van der Waals surface area contributed by atoms with Crippen molar-refractivity contribution in [2.45, 2.75) is 12.9 Å². The van der Waals surface area contributed by atoms with Crippen molar-refractivity contribution in [2.75, 3.05) is 0 Å². The number of nitrogens with two attached hydrogens (primary N) is 1. The molecule has 0 atom stereocenters. The van der Waals surface area contributed by atoms with Crippen molar-refractivity contribution in [3.63, 3.8) is 0 Å². The summed E-state index contributed by atoms with van der Waals surface area (Å²) in [6.07, 6.45) is -4.91. The lowest BCUT2D eigenvalue weighted by molar-refractivity contribution is -0.276. The number of hydrogen-bond acceptors (Lipinski definition) is 4. The Hall–Kier alpha value is -1.70. The van der Waals surface area contributed by atoms with E-state index in [1.54, 1.807) is 0 Å². The van der Waals surface area contributed by atoms with E-state index in [1.807, 2.05) is 4.98 Å². The number of aromatic hydroxyl groups is 1. The van der Waals surface area contributed by atoms with E-state index < -0.39 is 23.4 Å². The average Bonchev–Trinajstić information content (AvgIpc) is 2.08. The third-order valence-electron chi connectivity index (χ3n) is 1.49. The summed E-state index contributed by atoms with van der Waals surface area (Å²) in [6.45, 7) is -0.309. The maximum atomic E-state index is 11.8. The fourth-order valence-corrected chi connectivity index (χ4v) is 0.908. The molecule has 4 N–H and O–H groups in total. The number of ether oxygens (including phenoxy) is 1. The number of pyridine rings is 1. The summed E-state index contributed by atoms with van der Waals surface area (Å²) >= 11 is 0. The minimum atomic E-state index is -4.91. The summed E-state index contributed by atoms with van der Waals surface area (Å²) in [5.74, 6) is -1.53. The van der Waals surface area contributed by atoms with Crippen LogP contribution in [-0.4, -0.2) is 16.5 Å². The summed E-state index contributed by atoms with van der Waals surface area (Å²) in [5, 5.41) is 9.06. The van der Waals surface area contributed by atoms with Gasteiger partial charge >= 0.3 is 6.36 Å². The quantitative estimate of drug-likeness (QED) is 0.680. The molecule has 8 heteroatoms. The number of H-pyrrole nitrogens is 1. The van der Waals surface area contributed by atoms with E-state index in [0.29, 0.717) is 6.07 Å². The summed E-state index contributed by atoms with van der Waals surface area (Å²) < 4.78 is 38.8. The van der Waals surface area contributed by atoms with Crippen LogP contribution in [-0.2, 0) is 6.54 Å². The largest absolute Gasteiger partial charge is 0.574 e. The highest BCUT2D eigenvalue weighted by Gasteiger charge is 2.32. The highest BCUT2D eigenvalue weighted by Crippen LogP contribution is 2.21. The van der Waals surface area contributed by atoms with Crippen LogP contribution in [0.15, 0.2) is 10.9 Å². The van der Waals surface area contributed by atoms with Crippen LogP contribution >= 0.6 is 0 Å². The van der Waals surface area contributed by atoms with Crippen LogP contribution in [0.25, 0.3) is 0 Å². The Labute approximate surface area is 81.3 Å². The Bertz CT molecular complexity index is 413. The second-order valence-corrected chi connectivity index (χ2v) is 2.58. The van der Waals surface area contributed by atoms with E-state index in [4.69, 9.17) is 10.8 Å². The summed E-state index contributed by atoms with van der Waals surface area (Å²) in [4.78, 5) is 13.0. The molecule has 1 aromatic rings. The van der Waals surface area contributed by atoms with Gasteiger partial charge in [0.1, 0.15) is 0 Å². The first-order valence-electron chi connectivity index (χ1n) is 3.74. The minimum Gasteiger partial charge on any atom is -0.503 e. The second-order valence-electron chi connectivity index (χ2n) is 2.58. The average molecular weight is 224 g/mol. The highest BCUT2D eigenvalue weighted by atomic mass is 19.4. The Balaban J connectivity index is 3.12. The van der Waals surface area contributed by atoms with Crippen molar-refractivity contribution in [1.82, 2.24) is 4.98 Å². The van der Waals surface area contributed by atoms with E-state index in [-0.39, 0.29) is 12.2 Å². The van der Waals surface area contributed by atoms with Crippen molar-refractivity contribution in [1.29, 1.82) is 0 Å². The van der Waals surface area contributed by atoms with Gasteiger partial charge in [-0.15, -0.1) is 13.2 Å². The zero-order valence-corrected chi connectivity index (χ0v) is 7.26. The van der Waals surface area contributed by atoms with Gasteiger partial charge in [-0.1, -0.05) is 0 Å². The predicted molar refractivity (Wildman–Crippen MR) is 43.3 cm³/mol. The van der Waals surface area contributed by atoms with E-state index in [9.17, 15) is 18.0 Å². The molecule has 0 spiro atoms. The van der Waals surface area contributed by atoms with Crippen molar-refractivity contribution in [3.05, 3.63) is 22.0 Å². The first-order valence-corrected chi connectivity index (χ1v) is 3.74. The zero-order chi connectivity index (χ0) is 11.6. The van der Waals surface area contributed by atoms with E-state index in [2.05, 4.69) is 4.74 Å². The number of rotatable bonds is 2. The second kappa shape index (κ2) is 3.81. The Morgan fingerprint density at radius 3 is 2.60 bits per heavy atom. The lowest BCUT2D eigenvalue weighted by Gasteiger charge is -2.10. The van der Waals surface area contributed by atoms with Crippen LogP contribution in [0.3, 0.4) is 0 Å². The number of nitrogens with one attached hydrogen (secondary N) is 1. The number of alkyl halides is 3. The summed E-state index contributed by atoms with van der Waals surface area (Å²) in [6, 6.07) is 0.488. The molecule has 0 bridgehead atoms. The summed E-state index contributed by atoms with van der Waals surface area (Å²) in [5.41, 5.74) is 3.87. The van der Waals surface area contributed by atoms with Gasteiger partial charge in [-0.3, -0.25) is 4.79 Å². The molecule has 1 aromatic heterocycles. The molecule has 0 saturated carbocycles. The predicted octanol–water partition coefficient (Wildman–Crippen LogP) is 0.438. The monoisotopic (exact) mass is 224 g/mol. The number of hydrogen-bond donors (Lipinski definition) is 3. The molecule has 0 aliphatic heterocycles. The molecule has 1 heterocycles. The van der Waals surface area contributed by atoms with Crippen LogP contribution in [0.5, 0.6) is 11.6 Å². The third-order valence-corrected chi connectivity index (χ3v) is 1.49. The van der Waals surface area contributed by atoms with Gasteiger partial charge in [0.15, 0.2) is 5.75 Å². The molecule has 0 radical (unpaired) electrons. The van der Waals surface area contributed by atoms with Crippen molar-refractivity contribution in [2.24, 2.45) is 5.73 Å². The van der Waals surface area contributed by atoms with Gasteiger partial charge in [-0.2, -0.15) is 0 Å². The van der Waals surface area contributed by atoms with Crippen LogP contribution in [0.1, 0.15) is 5.69 Å². The molecule has 0 aliphatic rings. The maximum Gasteiger partial charge on any atom is 0.574 e. The molecule has 0 amide bonds. The minimum absolute atomic E-state index is 0.221. The molecular formula is C7H7F3N2O3. The van der Waals surface area contributed by atoms with Crippen molar-refractivity contribution >= 4 is 0 Å².